The number of anilines is 3. The van der Waals surface area contributed by atoms with Crippen LogP contribution in [0.5, 0.6) is 11.5 Å². The van der Waals surface area contributed by atoms with E-state index in [1.165, 1.54) is 26.4 Å². The Morgan fingerprint density at radius 2 is 1.43 bits per heavy atom. The van der Waals surface area contributed by atoms with Crippen LogP contribution in [0.4, 0.5) is 17.3 Å². The highest BCUT2D eigenvalue weighted by Gasteiger charge is 2.31. The van der Waals surface area contributed by atoms with Gasteiger partial charge in [0.1, 0.15) is 17.5 Å². The number of hydrogen-bond donors (Lipinski definition) is 3. The van der Waals surface area contributed by atoms with Crippen LogP contribution in [0.1, 0.15) is 25.5 Å². The maximum absolute atomic E-state index is 13.8. The van der Waals surface area contributed by atoms with Gasteiger partial charge >= 0.3 is 0 Å². The molecule has 1 saturated heterocycles. The number of nitrogens with two attached hydrogens (primary N) is 1. The molecule has 0 bridgehead atoms. The first-order valence-electron chi connectivity index (χ1n) is 14.2. The van der Waals surface area contributed by atoms with Gasteiger partial charge in [0.15, 0.2) is 11.6 Å². The Bertz CT molecular complexity index is 1740. The van der Waals surface area contributed by atoms with E-state index < -0.39 is 22.0 Å². The van der Waals surface area contributed by atoms with Crippen LogP contribution in [0, 0.1) is 0 Å². The SMILES string of the molecule is COc1cc(Nc2nc3ccccc3nc2NS(=O)(=O)c2cccc(C(C(N)=O)N3CCN(C(C)C)CC3)c2)cc(OC)c1. The van der Waals surface area contributed by atoms with Crippen LogP contribution in [-0.4, -0.2) is 80.5 Å². The van der Waals surface area contributed by atoms with Crippen molar-refractivity contribution in [2.24, 2.45) is 5.73 Å². The van der Waals surface area contributed by atoms with E-state index in [1.54, 1.807) is 48.5 Å². The largest absolute Gasteiger partial charge is 0.497 e. The minimum atomic E-state index is -4.18. The van der Waals surface area contributed by atoms with E-state index in [2.05, 4.69) is 38.8 Å². The van der Waals surface area contributed by atoms with Crippen LogP contribution in [0.2, 0.25) is 0 Å². The number of carbonyl (C=O) groups excluding carboxylic acids is 1. The van der Waals surface area contributed by atoms with Crippen LogP contribution in [0.3, 0.4) is 0 Å². The molecule has 3 aromatic carbocycles. The summed E-state index contributed by atoms with van der Waals surface area (Å²) in [5.41, 5.74) is 7.98. The number of para-hydroxylation sites is 2. The average Bonchev–Trinajstić information content (AvgIpc) is 3.01. The van der Waals surface area contributed by atoms with Gasteiger partial charge in [0.2, 0.25) is 5.91 Å². The lowest BCUT2D eigenvalue weighted by atomic mass is 10.0. The monoisotopic (exact) mass is 619 g/mol. The van der Waals surface area contributed by atoms with Gasteiger partial charge in [-0.15, -0.1) is 0 Å². The summed E-state index contributed by atoms with van der Waals surface area (Å²) in [7, 11) is -1.10. The number of benzene rings is 3. The number of aromatic nitrogens is 2. The first kappa shape index (κ1) is 31.0. The maximum Gasteiger partial charge on any atom is 0.263 e. The van der Waals surface area contributed by atoms with Gasteiger partial charge in [-0.05, 0) is 43.7 Å². The van der Waals surface area contributed by atoms with Gasteiger partial charge in [-0.3, -0.25) is 19.3 Å². The van der Waals surface area contributed by atoms with Crippen LogP contribution in [-0.2, 0) is 14.8 Å². The van der Waals surface area contributed by atoms with Crippen LogP contribution >= 0.6 is 0 Å². The minimum Gasteiger partial charge on any atom is -0.497 e. The topological polar surface area (TPSA) is 152 Å². The zero-order valence-electron chi connectivity index (χ0n) is 25.1. The molecule has 1 amide bonds. The molecule has 1 aliphatic heterocycles. The van der Waals surface area contributed by atoms with Gasteiger partial charge in [-0.1, -0.05) is 24.3 Å². The average molecular weight is 620 g/mol. The summed E-state index contributed by atoms with van der Waals surface area (Å²) in [6, 6.07) is 18.2. The lowest BCUT2D eigenvalue weighted by Crippen LogP contribution is -2.52. The fourth-order valence-corrected chi connectivity index (χ4v) is 6.34. The normalized spacial score (nSPS) is 15.2. The zero-order valence-corrected chi connectivity index (χ0v) is 26.0. The number of sulfonamides is 1. The van der Waals surface area contributed by atoms with Crippen molar-refractivity contribution in [3.05, 3.63) is 72.3 Å². The van der Waals surface area contributed by atoms with E-state index in [4.69, 9.17) is 15.2 Å². The number of ether oxygens (including phenoxy) is 2. The summed E-state index contributed by atoms with van der Waals surface area (Å²) in [6.45, 7) is 7.12. The fraction of sp³-hybridized carbons (Fsp3) is 0.323. The van der Waals surface area contributed by atoms with Crippen molar-refractivity contribution < 1.29 is 22.7 Å². The molecule has 4 N–H and O–H groups in total. The second-order valence-corrected chi connectivity index (χ2v) is 12.5. The van der Waals surface area contributed by atoms with Crippen molar-refractivity contribution in [2.75, 3.05) is 50.4 Å². The summed E-state index contributed by atoms with van der Waals surface area (Å²) in [5.74, 6) is 0.707. The number of carbonyl (C=O) groups is 1. The van der Waals surface area contributed by atoms with Crippen molar-refractivity contribution in [2.45, 2.75) is 30.8 Å². The Kier molecular flexibility index (Phi) is 9.18. The maximum atomic E-state index is 13.8. The van der Waals surface area contributed by atoms with Gasteiger partial charge in [0, 0.05) is 56.1 Å². The molecule has 1 aliphatic rings. The number of nitrogens with one attached hydrogen (secondary N) is 2. The number of hydrogen-bond acceptors (Lipinski definition) is 10. The van der Waals surface area contributed by atoms with E-state index in [0.717, 1.165) is 13.1 Å². The first-order valence-corrected chi connectivity index (χ1v) is 15.7. The molecule has 0 radical (unpaired) electrons. The van der Waals surface area contributed by atoms with Crippen LogP contribution in [0.15, 0.2) is 71.6 Å². The van der Waals surface area contributed by atoms with Crippen molar-refractivity contribution >= 4 is 44.3 Å². The lowest BCUT2D eigenvalue weighted by molar-refractivity contribution is -0.124. The molecule has 1 unspecified atom stereocenters. The van der Waals surface area contributed by atoms with Crippen molar-refractivity contribution in [3.63, 3.8) is 0 Å². The number of nitrogens with zero attached hydrogens (tertiary/aromatic N) is 4. The van der Waals surface area contributed by atoms with Crippen LogP contribution in [0.25, 0.3) is 11.0 Å². The summed E-state index contributed by atoms with van der Waals surface area (Å²) < 4.78 is 40.9. The van der Waals surface area contributed by atoms with E-state index in [0.29, 0.717) is 52.9 Å². The van der Waals surface area contributed by atoms with E-state index >= 15 is 0 Å². The molecule has 1 fully saturated rings. The highest BCUT2D eigenvalue weighted by Crippen LogP contribution is 2.32. The van der Waals surface area contributed by atoms with Crippen molar-refractivity contribution in [1.29, 1.82) is 0 Å². The molecule has 0 saturated carbocycles. The van der Waals surface area contributed by atoms with E-state index in [9.17, 15) is 13.2 Å². The Morgan fingerprint density at radius 3 is 2.00 bits per heavy atom. The number of rotatable bonds is 11. The zero-order chi connectivity index (χ0) is 31.4. The second-order valence-electron chi connectivity index (χ2n) is 10.8. The Balaban J connectivity index is 1.47. The first-order chi connectivity index (χ1) is 21.1. The molecule has 1 atom stereocenters. The molecule has 0 aliphatic carbocycles. The molecule has 232 valence electrons. The summed E-state index contributed by atoms with van der Waals surface area (Å²) in [6.07, 6.45) is 0. The third kappa shape index (κ3) is 6.85. The smallest absolute Gasteiger partial charge is 0.263 e. The number of piperazine rings is 1. The van der Waals surface area contributed by atoms with Gasteiger partial charge in [0.25, 0.3) is 10.0 Å². The Morgan fingerprint density at radius 1 is 0.841 bits per heavy atom. The number of amides is 1. The third-order valence-electron chi connectivity index (χ3n) is 7.61. The van der Waals surface area contributed by atoms with Gasteiger partial charge in [-0.25, -0.2) is 18.4 Å². The predicted octanol–water partition coefficient (Wildman–Crippen LogP) is 3.74. The summed E-state index contributed by atoms with van der Waals surface area (Å²) in [5, 5.41) is 3.15. The quantitative estimate of drug-likeness (QED) is 0.226. The Hall–Kier alpha value is -4.46. The van der Waals surface area contributed by atoms with Crippen molar-refractivity contribution in [1.82, 2.24) is 19.8 Å². The molecule has 12 nitrogen and oxygen atoms in total. The summed E-state index contributed by atoms with van der Waals surface area (Å²) in [4.78, 5) is 26.2. The third-order valence-corrected chi connectivity index (χ3v) is 8.95. The highest BCUT2D eigenvalue weighted by molar-refractivity contribution is 7.92. The molecule has 0 spiro atoms. The molecule has 13 heteroatoms. The minimum absolute atomic E-state index is 0.00727. The van der Waals surface area contributed by atoms with Gasteiger partial charge < -0.3 is 20.5 Å². The molecule has 5 rings (SSSR count). The number of primary amides is 1. The fourth-order valence-electron chi connectivity index (χ4n) is 5.28. The number of fused-ring (bicyclic) bond motifs is 1. The van der Waals surface area contributed by atoms with Crippen LogP contribution < -0.4 is 25.2 Å². The van der Waals surface area contributed by atoms with Gasteiger partial charge in [0.05, 0.1) is 30.1 Å². The predicted molar refractivity (Wildman–Crippen MR) is 170 cm³/mol. The molecular weight excluding hydrogens is 582 g/mol. The Labute approximate surface area is 257 Å². The molecule has 1 aromatic heterocycles. The molecule has 44 heavy (non-hydrogen) atoms. The molecule has 2 heterocycles. The second kappa shape index (κ2) is 13.0. The highest BCUT2D eigenvalue weighted by atomic mass is 32.2. The molecular formula is C31H37N7O5S. The van der Waals surface area contributed by atoms with Gasteiger partial charge in [-0.2, -0.15) is 0 Å². The number of methoxy groups -OCH3 is 2. The standard InChI is InChI=1S/C31H37N7O5S/c1-20(2)37-12-14-38(15-13-37)28(29(32)39)21-8-7-9-25(16-21)44(40,41)36-31-30(34-26-10-5-6-11-27(26)35-31)33-22-17-23(42-3)19-24(18-22)43-4/h5-11,16-20,28H,12-15H2,1-4H3,(H2,32,39)(H,33,34)(H,35,36). The van der Waals surface area contributed by atoms with E-state index in [-0.39, 0.29) is 16.5 Å². The lowest BCUT2D eigenvalue weighted by Gasteiger charge is -2.39. The van der Waals surface area contributed by atoms with E-state index in [1.807, 2.05) is 11.0 Å². The van der Waals surface area contributed by atoms with Crippen molar-refractivity contribution in [3.8, 4) is 11.5 Å². The molecule has 4 aromatic rings. The summed E-state index contributed by atoms with van der Waals surface area (Å²) >= 11 is 0.